The summed E-state index contributed by atoms with van der Waals surface area (Å²) in [5.41, 5.74) is 0.885. The Morgan fingerprint density at radius 2 is 1.81 bits per heavy atom. The van der Waals surface area contributed by atoms with Crippen LogP contribution in [0.15, 0.2) is 30.3 Å². The zero-order valence-corrected chi connectivity index (χ0v) is 12.3. The number of aromatic nitrogens is 1. The first-order chi connectivity index (χ1) is 10.1. The normalized spacial score (nSPS) is 10.5. The van der Waals surface area contributed by atoms with Crippen molar-refractivity contribution < 1.29 is 8.78 Å². The van der Waals surface area contributed by atoms with Crippen LogP contribution < -0.4 is 10.6 Å². The van der Waals surface area contributed by atoms with Gasteiger partial charge in [-0.1, -0.05) is 30.7 Å². The highest BCUT2D eigenvalue weighted by atomic mass is 35.5. The summed E-state index contributed by atoms with van der Waals surface area (Å²) >= 11 is 5.88. The number of rotatable bonds is 6. The molecule has 0 unspecified atom stereocenters. The molecule has 1 aromatic carbocycles. The maximum Gasteiger partial charge on any atom is 0.168 e. The highest BCUT2D eigenvalue weighted by Crippen LogP contribution is 2.20. The van der Waals surface area contributed by atoms with Crippen LogP contribution in [0.1, 0.15) is 18.9 Å². The largest absolute Gasteiger partial charge is 0.368 e. The minimum atomic E-state index is -0.725. The fourth-order valence-corrected chi connectivity index (χ4v) is 2.00. The Kier molecular flexibility index (Phi) is 5.33. The molecule has 2 N–H and O–H groups in total. The fraction of sp³-hybridized carbons (Fsp3) is 0.267. The lowest BCUT2D eigenvalue weighted by molar-refractivity contribution is 0.577. The molecule has 2 rings (SSSR count). The van der Waals surface area contributed by atoms with Crippen molar-refractivity contribution >= 4 is 23.2 Å². The third-order valence-corrected chi connectivity index (χ3v) is 3.06. The van der Waals surface area contributed by atoms with Gasteiger partial charge < -0.3 is 10.6 Å². The standard InChI is InChI=1S/C15H16ClF2N3/c1-2-6-19-14-12(17)8-13(18)15(21-14)20-9-10-4-3-5-11(16)7-10/h3-5,7-8H,2,6,9H2,1H3,(H2,19,20,21). The Hall–Kier alpha value is -1.88. The van der Waals surface area contributed by atoms with Crippen LogP contribution in [0.4, 0.5) is 20.4 Å². The second kappa shape index (κ2) is 7.22. The molecule has 0 spiro atoms. The van der Waals surface area contributed by atoms with Gasteiger partial charge in [0.1, 0.15) is 0 Å². The summed E-state index contributed by atoms with van der Waals surface area (Å²) in [6.07, 6.45) is 0.823. The van der Waals surface area contributed by atoms with E-state index in [0.29, 0.717) is 18.1 Å². The number of anilines is 2. The molecule has 1 aromatic heterocycles. The molecule has 3 nitrogen and oxygen atoms in total. The Bertz CT molecular complexity index is 620. The zero-order chi connectivity index (χ0) is 15.2. The lowest BCUT2D eigenvalue weighted by atomic mass is 10.2. The molecule has 6 heteroatoms. The van der Waals surface area contributed by atoms with Gasteiger partial charge in [-0.15, -0.1) is 0 Å². The molecular formula is C15H16ClF2N3. The number of hydrogen-bond acceptors (Lipinski definition) is 3. The van der Waals surface area contributed by atoms with Crippen molar-refractivity contribution in [3.63, 3.8) is 0 Å². The lowest BCUT2D eigenvalue weighted by Crippen LogP contribution is -2.09. The summed E-state index contributed by atoms with van der Waals surface area (Å²) in [5.74, 6) is -1.37. The van der Waals surface area contributed by atoms with Crippen LogP contribution in [0.25, 0.3) is 0 Å². The van der Waals surface area contributed by atoms with Crippen molar-refractivity contribution in [2.45, 2.75) is 19.9 Å². The van der Waals surface area contributed by atoms with Crippen molar-refractivity contribution in [1.29, 1.82) is 0 Å². The van der Waals surface area contributed by atoms with Crippen molar-refractivity contribution in [2.24, 2.45) is 0 Å². The molecule has 0 aliphatic carbocycles. The molecule has 1 heterocycles. The van der Waals surface area contributed by atoms with Gasteiger partial charge in [-0.2, -0.15) is 0 Å². The molecule has 0 saturated carbocycles. The van der Waals surface area contributed by atoms with Crippen LogP contribution in [0.2, 0.25) is 5.02 Å². The van der Waals surface area contributed by atoms with E-state index in [1.807, 2.05) is 19.1 Å². The van der Waals surface area contributed by atoms with Crippen LogP contribution in [0.5, 0.6) is 0 Å². The lowest BCUT2D eigenvalue weighted by Gasteiger charge is -2.11. The highest BCUT2D eigenvalue weighted by Gasteiger charge is 2.11. The van der Waals surface area contributed by atoms with E-state index in [-0.39, 0.29) is 11.6 Å². The van der Waals surface area contributed by atoms with Crippen molar-refractivity contribution in [3.05, 3.63) is 52.6 Å². The van der Waals surface area contributed by atoms with Crippen LogP contribution >= 0.6 is 11.6 Å². The van der Waals surface area contributed by atoms with Gasteiger partial charge in [0.15, 0.2) is 23.3 Å². The third-order valence-electron chi connectivity index (χ3n) is 2.82. The second-order valence-corrected chi connectivity index (χ2v) is 5.00. The molecule has 0 fully saturated rings. The van der Waals surface area contributed by atoms with E-state index in [1.54, 1.807) is 12.1 Å². The number of benzene rings is 1. The van der Waals surface area contributed by atoms with Crippen LogP contribution in [-0.2, 0) is 6.54 Å². The molecule has 21 heavy (non-hydrogen) atoms. The summed E-state index contributed by atoms with van der Waals surface area (Å²) < 4.78 is 27.3. The molecule has 0 saturated heterocycles. The first kappa shape index (κ1) is 15.5. The number of pyridine rings is 1. The maximum atomic E-state index is 13.7. The van der Waals surface area contributed by atoms with Crippen LogP contribution in [-0.4, -0.2) is 11.5 Å². The van der Waals surface area contributed by atoms with Gasteiger partial charge >= 0.3 is 0 Å². The van der Waals surface area contributed by atoms with Gasteiger partial charge in [-0.05, 0) is 24.1 Å². The fourth-order valence-electron chi connectivity index (χ4n) is 1.79. The predicted octanol–water partition coefficient (Wildman–Crippen LogP) is 4.45. The Balaban J connectivity index is 2.11. The first-order valence-corrected chi connectivity index (χ1v) is 7.06. The molecule has 0 radical (unpaired) electrons. The summed E-state index contributed by atoms with van der Waals surface area (Å²) in [7, 11) is 0. The van der Waals surface area contributed by atoms with E-state index in [4.69, 9.17) is 11.6 Å². The number of nitrogens with one attached hydrogen (secondary N) is 2. The van der Waals surface area contributed by atoms with E-state index in [9.17, 15) is 8.78 Å². The molecule has 112 valence electrons. The Morgan fingerprint density at radius 3 is 2.48 bits per heavy atom. The van der Waals surface area contributed by atoms with Gasteiger partial charge in [0.25, 0.3) is 0 Å². The minimum absolute atomic E-state index is 0.00924. The van der Waals surface area contributed by atoms with E-state index in [0.717, 1.165) is 18.1 Å². The van der Waals surface area contributed by atoms with Gasteiger partial charge in [0.05, 0.1) is 0 Å². The third kappa shape index (κ3) is 4.29. The first-order valence-electron chi connectivity index (χ1n) is 6.68. The van der Waals surface area contributed by atoms with Gasteiger partial charge in [0, 0.05) is 24.2 Å². The van der Waals surface area contributed by atoms with Gasteiger partial charge in [-0.3, -0.25) is 0 Å². The molecular weight excluding hydrogens is 296 g/mol. The molecule has 0 bridgehead atoms. The summed E-state index contributed by atoms with van der Waals surface area (Å²) in [4.78, 5) is 3.94. The molecule has 0 aliphatic heterocycles. The van der Waals surface area contributed by atoms with Gasteiger partial charge in [-0.25, -0.2) is 13.8 Å². The highest BCUT2D eigenvalue weighted by molar-refractivity contribution is 6.30. The monoisotopic (exact) mass is 311 g/mol. The van der Waals surface area contributed by atoms with Gasteiger partial charge in [0.2, 0.25) is 0 Å². The summed E-state index contributed by atoms with van der Waals surface area (Å²) in [5, 5.41) is 6.28. The Labute approximate surface area is 127 Å². The summed E-state index contributed by atoms with van der Waals surface area (Å²) in [6.45, 7) is 2.87. The predicted molar refractivity (Wildman–Crippen MR) is 81.7 cm³/mol. The number of halogens is 3. The smallest absolute Gasteiger partial charge is 0.168 e. The summed E-state index contributed by atoms with van der Waals surface area (Å²) in [6, 6.07) is 8.02. The van der Waals surface area contributed by atoms with E-state index in [1.165, 1.54) is 0 Å². The van der Waals surface area contributed by atoms with Crippen molar-refractivity contribution in [3.8, 4) is 0 Å². The molecule has 2 aromatic rings. The topological polar surface area (TPSA) is 37.0 Å². The van der Waals surface area contributed by atoms with Crippen molar-refractivity contribution in [1.82, 2.24) is 4.98 Å². The average Bonchev–Trinajstić information content (AvgIpc) is 2.45. The van der Waals surface area contributed by atoms with E-state index >= 15 is 0 Å². The molecule has 0 amide bonds. The van der Waals surface area contributed by atoms with E-state index in [2.05, 4.69) is 15.6 Å². The number of hydrogen-bond donors (Lipinski definition) is 2. The SMILES string of the molecule is CCCNc1nc(NCc2cccc(Cl)c2)c(F)cc1F. The number of nitrogens with zero attached hydrogens (tertiary/aromatic N) is 1. The van der Waals surface area contributed by atoms with Crippen LogP contribution in [0.3, 0.4) is 0 Å². The minimum Gasteiger partial charge on any atom is -0.368 e. The Morgan fingerprint density at radius 1 is 1.10 bits per heavy atom. The van der Waals surface area contributed by atoms with E-state index < -0.39 is 11.6 Å². The zero-order valence-electron chi connectivity index (χ0n) is 11.6. The van der Waals surface area contributed by atoms with Crippen LogP contribution in [0, 0.1) is 11.6 Å². The quantitative estimate of drug-likeness (QED) is 0.827. The average molecular weight is 312 g/mol. The van der Waals surface area contributed by atoms with Crippen molar-refractivity contribution in [2.75, 3.05) is 17.2 Å². The maximum absolute atomic E-state index is 13.7. The molecule has 0 atom stereocenters. The molecule has 0 aliphatic rings. The second-order valence-electron chi connectivity index (χ2n) is 4.56.